The summed E-state index contributed by atoms with van der Waals surface area (Å²) in [6.07, 6.45) is -4.96. The fourth-order valence-electron chi connectivity index (χ4n) is 3.90. The summed E-state index contributed by atoms with van der Waals surface area (Å²) in [5.41, 5.74) is 0.716. The number of carbonyl (C=O) groups is 4. The first-order chi connectivity index (χ1) is 18.8. The normalized spacial score (nSPS) is 22.3. The number of benzene rings is 3. The standard InChI is InChI=1S/C29H25BrO9/c1-18(31)35-17-22-23(37-27(32)19-11-5-2-6-12-19)24(38-28(33)20-13-7-3-8-14-20)25(26(30)36-22)39-29(34)21-15-9-4-10-16-21/h2-16,22-26H,17H2,1H3/t22-,23+,24+,25-,26+/m1/s1. The predicted octanol–water partition coefficient (Wildman–Crippen LogP) is 4.35. The molecule has 0 unspecified atom stereocenters. The minimum absolute atomic E-state index is 0.230. The van der Waals surface area contributed by atoms with Gasteiger partial charge in [0.05, 0.1) is 16.7 Å². The van der Waals surface area contributed by atoms with Crippen molar-refractivity contribution in [2.45, 2.75) is 36.4 Å². The molecule has 0 saturated carbocycles. The molecule has 1 fully saturated rings. The van der Waals surface area contributed by atoms with Crippen LogP contribution in [0.4, 0.5) is 0 Å². The van der Waals surface area contributed by atoms with E-state index in [0.29, 0.717) is 0 Å². The van der Waals surface area contributed by atoms with Crippen LogP contribution in [0.3, 0.4) is 0 Å². The summed E-state index contributed by atoms with van der Waals surface area (Å²) in [6, 6.07) is 24.6. The number of hydrogen-bond donors (Lipinski definition) is 0. The topological polar surface area (TPSA) is 114 Å². The average molecular weight is 597 g/mol. The molecule has 1 saturated heterocycles. The lowest BCUT2D eigenvalue weighted by molar-refractivity contribution is -0.209. The second-order valence-electron chi connectivity index (χ2n) is 8.54. The molecule has 1 heterocycles. The molecule has 3 aromatic rings. The zero-order chi connectivity index (χ0) is 27.8. The molecule has 4 rings (SSSR count). The third-order valence-corrected chi connectivity index (χ3v) is 6.52. The molecule has 0 bridgehead atoms. The molecule has 0 aromatic heterocycles. The van der Waals surface area contributed by atoms with E-state index in [-0.39, 0.29) is 23.3 Å². The summed E-state index contributed by atoms with van der Waals surface area (Å²) in [5.74, 6) is -2.77. The van der Waals surface area contributed by atoms with Gasteiger partial charge in [0.25, 0.3) is 0 Å². The van der Waals surface area contributed by atoms with E-state index in [2.05, 4.69) is 15.9 Å². The van der Waals surface area contributed by atoms with Crippen LogP contribution < -0.4 is 0 Å². The van der Waals surface area contributed by atoms with Crippen LogP contribution >= 0.6 is 15.9 Å². The Morgan fingerprint density at radius 2 is 1.03 bits per heavy atom. The smallest absolute Gasteiger partial charge is 0.338 e. The lowest BCUT2D eigenvalue weighted by Crippen LogP contribution is -2.61. The number of rotatable bonds is 8. The van der Waals surface area contributed by atoms with Crippen LogP contribution in [-0.4, -0.2) is 59.9 Å². The lowest BCUT2D eigenvalue weighted by Gasteiger charge is -2.43. The number of alkyl halides is 1. The summed E-state index contributed by atoms with van der Waals surface area (Å²) in [6.45, 7) is 0.902. The van der Waals surface area contributed by atoms with Gasteiger partial charge in [-0.05, 0) is 36.4 Å². The highest BCUT2D eigenvalue weighted by Gasteiger charge is 2.52. The Morgan fingerprint density at radius 1 is 0.641 bits per heavy atom. The van der Waals surface area contributed by atoms with E-state index in [9.17, 15) is 19.2 Å². The molecule has 1 aliphatic heterocycles. The molecule has 0 aliphatic carbocycles. The monoisotopic (exact) mass is 596 g/mol. The maximum atomic E-state index is 13.2. The summed E-state index contributed by atoms with van der Waals surface area (Å²) >= 11 is 3.36. The van der Waals surface area contributed by atoms with Crippen molar-refractivity contribution in [1.82, 2.24) is 0 Å². The van der Waals surface area contributed by atoms with Gasteiger partial charge >= 0.3 is 23.9 Å². The van der Waals surface area contributed by atoms with Crippen molar-refractivity contribution in [2.24, 2.45) is 0 Å². The van der Waals surface area contributed by atoms with Gasteiger partial charge in [0.1, 0.15) is 12.7 Å². The summed E-state index contributed by atoms with van der Waals surface area (Å²) in [5, 5.41) is -1.01. The van der Waals surface area contributed by atoms with Gasteiger partial charge in [-0.25, -0.2) is 14.4 Å². The Kier molecular flexibility index (Phi) is 9.45. The Morgan fingerprint density at radius 3 is 1.44 bits per heavy atom. The van der Waals surface area contributed by atoms with E-state index in [1.54, 1.807) is 91.0 Å². The molecular formula is C29H25BrO9. The van der Waals surface area contributed by atoms with Crippen molar-refractivity contribution in [2.75, 3.05) is 6.61 Å². The average Bonchev–Trinajstić information content (AvgIpc) is 2.96. The maximum absolute atomic E-state index is 13.2. The molecule has 0 amide bonds. The fourth-order valence-corrected chi connectivity index (χ4v) is 4.58. The molecule has 10 heteroatoms. The van der Waals surface area contributed by atoms with Gasteiger partial charge in [-0.3, -0.25) is 4.79 Å². The van der Waals surface area contributed by atoms with Crippen LogP contribution in [-0.2, 0) is 28.5 Å². The zero-order valence-electron chi connectivity index (χ0n) is 20.8. The van der Waals surface area contributed by atoms with Gasteiger partial charge < -0.3 is 23.7 Å². The SMILES string of the molecule is CC(=O)OC[C@H]1O[C@H](Br)[C@H](OC(=O)c2ccccc2)[C@@H](OC(=O)c2ccccc2)[C@H]1OC(=O)c1ccccc1. The van der Waals surface area contributed by atoms with Crippen LogP contribution in [0.25, 0.3) is 0 Å². The van der Waals surface area contributed by atoms with Crippen molar-refractivity contribution in [1.29, 1.82) is 0 Å². The molecular weight excluding hydrogens is 572 g/mol. The first-order valence-corrected chi connectivity index (χ1v) is 13.0. The van der Waals surface area contributed by atoms with E-state index >= 15 is 0 Å². The minimum Gasteiger partial charge on any atom is -0.463 e. The van der Waals surface area contributed by atoms with Gasteiger partial charge in [0.2, 0.25) is 0 Å². The zero-order valence-corrected chi connectivity index (χ0v) is 22.4. The Hall–Kier alpha value is -4.02. The molecule has 0 radical (unpaired) electrons. The second-order valence-corrected chi connectivity index (χ2v) is 9.44. The Bertz CT molecular complexity index is 1280. The highest BCUT2D eigenvalue weighted by Crippen LogP contribution is 2.33. The summed E-state index contributed by atoms with van der Waals surface area (Å²) < 4.78 is 28.5. The van der Waals surface area contributed by atoms with Crippen LogP contribution in [0.2, 0.25) is 0 Å². The van der Waals surface area contributed by atoms with Gasteiger partial charge in [0, 0.05) is 6.92 Å². The highest BCUT2D eigenvalue weighted by molar-refractivity contribution is 9.09. The largest absolute Gasteiger partial charge is 0.463 e. The number of esters is 4. The maximum Gasteiger partial charge on any atom is 0.338 e. The predicted molar refractivity (Wildman–Crippen MR) is 141 cm³/mol. The minimum atomic E-state index is -1.34. The van der Waals surface area contributed by atoms with Crippen LogP contribution in [0.5, 0.6) is 0 Å². The molecule has 202 valence electrons. The van der Waals surface area contributed by atoms with Crippen molar-refractivity contribution in [3.05, 3.63) is 108 Å². The van der Waals surface area contributed by atoms with Crippen LogP contribution in [0, 0.1) is 0 Å². The van der Waals surface area contributed by atoms with E-state index in [1.165, 1.54) is 6.92 Å². The molecule has 39 heavy (non-hydrogen) atoms. The third-order valence-electron chi connectivity index (χ3n) is 5.79. The molecule has 5 atom stereocenters. The fraction of sp³-hybridized carbons (Fsp3) is 0.241. The van der Waals surface area contributed by atoms with E-state index in [1.807, 2.05) is 0 Å². The molecule has 3 aromatic carbocycles. The lowest BCUT2D eigenvalue weighted by atomic mass is 9.99. The summed E-state index contributed by atoms with van der Waals surface area (Å²) in [4.78, 5) is 50.8. The molecule has 0 N–H and O–H groups in total. The van der Waals surface area contributed by atoms with E-state index in [4.69, 9.17) is 23.7 Å². The Balaban J connectivity index is 1.69. The quantitative estimate of drug-likeness (QED) is 0.213. The first-order valence-electron chi connectivity index (χ1n) is 12.0. The molecule has 0 spiro atoms. The van der Waals surface area contributed by atoms with Crippen molar-refractivity contribution in [3.8, 4) is 0 Å². The van der Waals surface area contributed by atoms with Crippen LogP contribution in [0.15, 0.2) is 91.0 Å². The first kappa shape index (κ1) is 28.0. The van der Waals surface area contributed by atoms with Gasteiger partial charge in [-0.2, -0.15) is 0 Å². The number of hydrogen-bond acceptors (Lipinski definition) is 9. The highest BCUT2D eigenvalue weighted by atomic mass is 79.9. The summed E-state index contributed by atoms with van der Waals surface area (Å²) in [7, 11) is 0. The van der Waals surface area contributed by atoms with E-state index in [0.717, 1.165) is 0 Å². The molecule has 9 nitrogen and oxygen atoms in total. The van der Waals surface area contributed by atoms with Crippen molar-refractivity contribution in [3.63, 3.8) is 0 Å². The third kappa shape index (κ3) is 7.30. The Labute approximate surface area is 233 Å². The second kappa shape index (κ2) is 13.2. The number of carbonyl (C=O) groups excluding carboxylic acids is 4. The van der Waals surface area contributed by atoms with Crippen molar-refractivity contribution < 1.29 is 42.9 Å². The number of halogens is 1. The van der Waals surface area contributed by atoms with Gasteiger partial charge in [0.15, 0.2) is 23.3 Å². The van der Waals surface area contributed by atoms with E-state index < -0.39 is 53.3 Å². The van der Waals surface area contributed by atoms with Gasteiger partial charge in [-0.1, -0.05) is 70.5 Å². The molecule has 1 aliphatic rings. The number of ether oxygens (including phenoxy) is 5. The van der Waals surface area contributed by atoms with Gasteiger partial charge in [-0.15, -0.1) is 0 Å². The van der Waals surface area contributed by atoms with Crippen molar-refractivity contribution >= 4 is 39.8 Å². The van der Waals surface area contributed by atoms with Crippen LogP contribution in [0.1, 0.15) is 38.0 Å².